The van der Waals surface area contributed by atoms with E-state index in [0.717, 1.165) is 0 Å². The highest BCUT2D eigenvalue weighted by atomic mass is 28.4. The lowest BCUT2D eigenvalue weighted by Gasteiger charge is -2.38. The number of amides is 2. The maximum Gasteiger partial charge on any atom is 0.410 e. The molecule has 2 N–H and O–H groups in total. The molecule has 1 fully saturated rings. The molecular weight excluding hydrogens is 534 g/mol. The van der Waals surface area contributed by atoms with Crippen molar-refractivity contribution in [2.24, 2.45) is 5.92 Å². The van der Waals surface area contributed by atoms with E-state index >= 15 is 0 Å². The van der Waals surface area contributed by atoms with Crippen molar-refractivity contribution in [1.82, 2.24) is 10.2 Å². The molecule has 2 amide bonds. The summed E-state index contributed by atoms with van der Waals surface area (Å²) in [5, 5.41) is 23.5. The Bertz CT molecular complexity index is 1000. The van der Waals surface area contributed by atoms with Gasteiger partial charge in [-0.3, -0.25) is 10.1 Å². The minimum absolute atomic E-state index is 0.00577. The minimum Gasteiger partial charge on any atom is -0.445 e. The Hall–Kier alpha value is -2.70. The van der Waals surface area contributed by atoms with Crippen molar-refractivity contribution in [1.29, 1.82) is 0 Å². The second kappa shape index (κ2) is 13.8. The number of aliphatic hydroxyl groups is 1. The molecule has 40 heavy (non-hydrogen) atoms. The zero-order chi connectivity index (χ0) is 30.3. The number of nitrogens with zero attached hydrogens (tertiary/aromatic N) is 2. The molecule has 1 heterocycles. The molecule has 0 aromatic heterocycles. The Labute approximate surface area is 238 Å². The topological polar surface area (TPSA) is 140 Å². The van der Waals surface area contributed by atoms with Gasteiger partial charge in [-0.25, -0.2) is 9.59 Å². The van der Waals surface area contributed by atoms with Crippen LogP contribution >= 0.6 is 0 Å². The van der Waals surface area contributed by atoms with E-state index in [-0.39, 0.29) is 42.0 Å². The number of nitro groups is 1. The van der Waals surface area contributed by atoms with Crippen molar-refractivity contribution in [2.45, 2.75) is 103 Å². The minimum atomic E-state index is -2.12. The van der Waals surface area contributed by atoms with Crippen molar-refractivity contribution >= 4 is 26.2 Å². The van der Waals surface area contributed by atoms with Gasteiger partial charge in [-0.15, -0.1) is 0 Å². The summed E-state index contributed by atoms with van der Waals surface area (Å²) in [5.41, 5.74) is -0.0113. The Balaban J connectivity index is 2.17. The smallest absolute Gasteiger partial charge is 0.410 e. The molecule has 0 radical (unpaired) electrons. The molecule has 226 valence electrons. The Kier molecular flexibility index (Phi) is 11.5. The quantitative estimate of drug-likeness (QED) is 0.195. The first-order valence-electron chi connectivity index (χ1n) is 13.9. The number of nitrogens with one attached hydrogen (secondary N) is 1. The number of benzene rings is 1. The average molecular weight is 582 g/mol. The van der Waals surface area contributed by atoms with E-state index in [1.807, 2.05) is 0 Å². The monoisotopic (exact) mass is 581 g/mol. The maximum absolute atomic E-state index is 13.4. The second-order valence-electron chi connectivity index (χ2n) is 12.9. The van der Waals surface area contributed by atoms with Crippen LogP contribution in [0.1, 0.15) is 66.4 Å². The second-order valence-corrected chi connectivity index (χ2v) is 17.7. The average Bonchev–Trinajstić information content (AvgIpc) is 3.23. The number of alkyl carbamates (subject to hydrolysis) is 1. The Morgan fingerprint density at radius 3 is 2.30 bits per heavy atom. The lowest BCUT2D eigenvalue weighted by Crippen LogP contribution is -2.45. The summed E-state index contributed by atoms with van der Waals surface area (Å²) in [4.78, 5) is 37.6. The number of non-ortho nitro benzene ring substituents is 1. The number of hydrogen-bond acceptors (Lipinski definition) is 8. The number of ether oxygens (including phenoxy) is 2. The molecule has 1 aliphatic heterocycles. The molecular formula is C28H47N3O8Si. The Morgan fingerprint density at radius 1 is 1.15 bits per heavy atom. The predicted octanol–water partition coefficient (Wildman–Crippen LogP) is 5.61. The van der Waals surface area contributed by atoms with Gasteiger partial charge in [-0.2, -0.15) is 0 Å². The zero-order valence-corrected chi connectivity index (χ0v) is 26.2. The van der Waals surface area contributed by atoms with E-state index in [2.05, 4.69) is 39.2 Å². The summed E-state index contributed by atoms with van der Waals surface area (Å²) >= 11 is 0. The van der Waals surface area contributed by atoms with Crippen molar-refractivity contribution in [3.63, 3.8) is 0 Å². The van der Waals surface area contributed by atoms with Gasteiger partial charge >= 0.3 is 12.2 Å². The number of hydrogen-bond donors (Lipinski definition) is 2. The summed E-state index contributed by atoms with van der Waals surface area (Å²) in [7, 11) is -2.12. The SMILES string of the molecule is CC(C)(C)OC(=O)NCCC(CCO)[C@@H]1C[C@@H](O[Si](C)(C)C(C)(C)C)CN1C(=O)OCc1ccc([N+](=O)[O-])cc1. The van der Waals surface area contributed by atoms with E-state index in [9.17, 15) is 24.8 Å². The number of carbonyl (C=O) groups is 2. The van der Waals surface area contributed by atoms with Crippen LogP contribution in [0.5, 0.6) is 0 Å². The molecule has 0 bridgehead atoms. The van der Waals surface area contributed by atoms with Gasteiger partial charge in [0.1, 0.15) is 12.2 Å². The highest BCUT2D eigenvalue weighted by Gasteiger charge is 2.45. The number of rotatable bonds is 11. The van der Waals surface area contributed by atoms with Crippen molar-refractivity contribution < 1.29 is 33.5 Å². The van der Waals surface area contributed by atoms with Crippen LogP contribution < -0.4 is 5.32 Å². The fourth-order valence-corrected chi connectivity index (χ4v) is 5.83. The van der Waals surface area contributed by atoms with Gasteiger partial charge in [-0.1, -0.05) is 20.8 Å². The fraction of sp³-hybridized carbons (Fsp3) is 0.714. The molecule has 0 aliphatic carbocycles. The van der Waals surface area contributed by atoms with Gasteiger partial charge in [0, 0.05) is 37.9 Å². The van der Waals surface area contributed by atoms with Crippen LogP contribution in [0, 0.1) is 16.0 Å². The van der Waals surface area contributed by atoms with Crippen LogP contribution in [-0.2, 0) is 20.5 Å². The summed E-state index contributed by atoms with van der Waals surface area (Å²) < 4.78 is 17.6. The summed E-state index contributed by atoms with van der Waals surface area (Å²) in [5.74, 6) is -0.111. The third kappa shape index (κ3) is 10.0. The van der Waals surface area contributed by atoms with Gasteiger partial charge in [0.2, 0.25) is 0 Å². The first-order valence-corrected chi connectivity index (χ1v) is 16.8. The Morgan fingerprint density at radius 2 is 1.77 bits per heavy atom. The van der Waals surface area contributed by atoms with Crippen molar-refractivity contribution in [3.05, 3.63) is 39.9 Å². The molecule has 1 aromatic carbocycles. The van der Waals surface area contributed by atoms with Gasteiger partial charge in [-0.05, 0) is 81.8 Å². The molecule has 1 aliphatic rings. The molecule has 0 saturated carbocycles. The van der Waals surface area contributed by atoms with Crippen molar-refractivity contribution in [2.75, 3.05) is 19.7 Å². The van der Waals surface area contributed by atoms with Crippen LogP contribution in [0.2, 0.25) is 18.1 Å². The summed E-state index contributed by atoms with van der Waals surface area (Å²) in [6, 6.07) is 5.62. The fourth-order valence-electron chi connectivity index (χ4n) is 4.47. The highest BCUT2D eigenvalue weighted by Crippen LogP contribution is 2.40. The van der Waals surface area contributed by atoms with Gasteiger partial charge in [0.15, 0.2) is 8.32 Å². The van der Waals surface area contributed by atoms with Crippen molar-refractivity contribution in [3.8, 4) is 0 Å². The van der Waals surface area contributed by atoms with Crippen LogP contribution in [0.3, 0.4) is 0 Å². The van der Waals surface area contributed by atoms with Crippen LogP contribution in [0.4, 0.5) is 15.3 Å². The summed E-state index contributed by atoms with van der Waals surface area (Å²) in [6.07, 6.45) is 0.366. The lowest BCUT2D eigenvalue weighted by molar-refractivity contribution is -0.384. The standard InChI is InChI=1S/C28H47N3O8Si/c1-27(2,3)38-25(33)29-15-13-21(14-16-32)24-17-23(39-40(7,8)28(4,5)6)18-30(24)26(34)37-19-20-9-11-22(12-10-20)31(35)36/h9-12,21,23-24,32H,13-19H2,1-8H3,(H,29,33)/t21?,23-,24+/m1/s1. The third-order valence-electron chi connectivity index (χ3n) is 7.54. The third-order valence-corrected chi connectivity index (χ3v) is 12.1. The molecule has 12 heteroatoms. The van der Waals surface area contributed by atoms with E-state index in [1.165, 1.54) is 12.1 Å². The van der Waals surface area contributed by atoms with E-state index in [1.54, 1.807) is 37.8 Å². The van der Waals surface area contributed by atoms with Gasteiger partial charge < -0.3 is 29.2 Å². The van der Waals surface area contributed by atoms with Crippen LogP contribution in [0.15, 0.2) is 24.3 Å². The lowest BCUT2D eigenvalue weighted by atomic mass is 9.91. The van der Waals surface area contributed by atoms with Crippen LogP contribution in [0.25, 0.3) is 0 Å². The van der Waals surface area contributed by atoms with E-state index in [4.69, 9.17) is 13.9 Å². The van der Waals surface area contributed by atoms with E-state index < -0.39 is 31.0 Å². The molecule has 2 rings (SSSR count). The molecule has 1 saturated heterocycles. The first-order chi connectivity index (χ1) is 18.4. The molecule has 0 spiro atoms. The largest absolute Gasteiger partial charge is 0.445 e. The zero-order valence-electron chi connectivity index (χ0n) is 25.2. The first kappa shape index (κ1) is 33.5. The number of carbonyl (C=O) groups excluding carboxylic acids is 2. The number of likely N-dealkylation sites (tertiary alicyclic amines) is 1. The van der Waals surface area contributed by atoms with Gasteiger partial charge in [0.25, 0.3) is 5.69 Å². The molecule has 1 aromatic rings. The molecule has 1 unspecified atom stereocenters. The summed E-state index contributed by atoms with van der Waals surface area (Å²) in [6.45, 7) is 16.8. The highest BCUT2D eigenvalue weighted by molar-refractivity contribution is 6.74. The van der Waals surface area contributed by atoms with Gasteiger partial charge in [0.05, 0.1) is 11.0 Å². The molecule has 11 nitrogen and oxygen atoms in total. The number of nitro benzene ring substituents is 1. The van der Waals surface area contributed by atoms with E-state index in [0.29, 0.717) is 37.9 Å². The normalized spacial score (nSPS) is 18.8. The van der Waals surface area contributed by atoms with Crippen LogP contribution in [-0.4, -0.2) is 72.9 Å². The number of aliphatic hydroxyl groups excluding tert-OH is 1. The molecule has 3 atom stereocenters. The predicted molar refractivity (Wildman–Crippen MR) is 155 cm³/mol. The maximum atomic E-state index is 13.4.